The molecular weight excluding hydrogens is 494 g/mol. The number of carbonyl (C=O) groups excluding carboxylic acids is 1. The van der Waals surface area contributed by atoms with Crippen molar-refractivity contribution >= 4 is 28.8 Å². The molecule has 0 aliphatic carbocycles. The van der Waals surface area contributed by atoms with Crippen molar-refractivity contribution in [3.05, 3.63) is 84.2 Å². The highest BCUT2D eigenvalue weighted by atomic mass is 32.2. The largest absolute Gasteiger partial charge is 0.411 e. The van der Waals surface area contributed by atoms with E-state index in [1.54, 1.807) is 24.3 Å². The lowest BCUT2D eigenvalue weighted by Crippen LogP contribution is -2.56. The average molecular weight is 523 g/mol. The van der Waals surface area contributed by atoms with Gasteiger partial charge in [0.15, 0.2) is 0 Å². The number of thioether (sulfide) groups is 1. The average Bonchev–Trinajstić information content (AvgIpc) is 3.22. The molecule has 3 aromatic rings. The maximum absolute atomic E-state index is 14.6. The number of benzene rings is 2. The third-order valence-electron chi connectivity index (χ3n) is 7.62. The minimum atomic E-state index is -0.927. The van der Waals surface area contributed by atoms with Gasteiger partial charge in [-0.1, -0.05) is 50.7 Å². The summed E-state index contributed by atoms with van der Waals surface area (Å²) in [5, 5.41) is 0.200. The van der Waals surface area contributed by atoms with Crippen LogP contribution >= 0.6 is 11.8 Å². The van der Waals surface area contributed by atoms with Crippen LogP contribution in [0.25, 0.3) is 11.1 Å². The normalized spacial score (nSPS) is 23.4. The number of aliphatic imine (C=N–C) groups is 1. The predicted molar refractivity (Wildman–Crippen MR) is 142 cm³/mol. The van der Waals surface area contributed by atoms with Gasteiger partial charge in [-0.3, -0.25) is 0 Å². The molecule has 1 amide bonds. The quantitative estimate of drug-likeness (QED) is 0.429. The van der Waals surface area contributed by atoms with Crippen LogP contribution in [0.15, 0.2) is 71.9 Å². The van der Waals surface area contributed by atoms with Gasteiger partial charge in [0.05, 0.1) is 0 Å². The van der Waals surface area contributed by atoms with Crippen molar-refractivity contribution in [1.29, 1.82) is 0 Å². The van der Waals surface area contributed by atoms with E-state index in [0.29, 0.717) is 30.0 Å². The number of fused-ring (bicyclic) bond motifs is 1. The molecule has 2 N–H and O–H groups in total. The SMILES string of the molecule is CC(C)(C)[C@]12CSC(OC(N)=O)=N[C@]1(c1cccc(-c3cccnc3F)c1)CN(c1ccc(F)cc1)C2. The number of hydrogen-bond donors (Lipinski definition) is 1. The number of amides is 1. The van der Waals surface area contributed by atoms with Crippen LogP contribution in [0.4, 0.5) is 19.3 Å². The summed E-state index contributed by atoms with van der Waals surface area (Å²) in [4.78, 5) is 22.8. The van der Waals surface area contributed by atoms with Crippen LogP contribution in [0.5, 0.6) is 0 Å². The van der Waals surface area contributed by atoms with Crippen molar-refractivity contribution in [2.24, 2.45) is 21.6 Å². The lowest BCUT2D eigenvalue weighted by molar-refractivity contribution is 0.0584. The Morgan fingerprint density at radius 1 is 1.08 bits per heavy atom. The van der Waals surface area contributed by atoms with E-state index in [1.807, 2.05) is 24.3 Å². The standard InChI is InChI=1S/C28H28F2N4O2S/c1-26(2,3)27-15-34(21-11-9-20(29)10-12-21)16-28(27,33-25(37-17-27)36-24(31)35)19-7-4-6-18(14-19)22-8-5-13-32-23(22)30/h4-14H,15-17H2,1-3H3,(H2,31,35)/t27-,28-/m0/s1. The number of primary amides is 1. The van der Waals surface area contributed by atoms with Crippen molar-refractivity contribution in [3.8, 4) is 11.1 Å². The minimum absolute atomic E-state index is 0.200. The van der Waals surface area contributed by atoms with Gasteiger partial charge in [0.1, 0.15) is 11.4 Å². The lowest BCUT2D eigenvalue weighted by atomic mass is 9.56. The van der Waals surface area contributed by atoms with E-state index in [4.69, 9.17) is 15.5 Å². The van der Waals surface area contributed by atoms with Gasteiger partial charge in [-0.05, 0) is 59.0 Å². The summed E-state index contributed by atoms with van der Waals surface area (Å²) in [5.41, 5.74) is 6.58. The number of nitrogens with zero attached hydrogens (tertiary/aromatic N) is 3. The molecule has 3 heterocycles. The van der Waals surface area contributed by atoms with E-state index in [9.17, 15) is 13.6 Å². The third kappa shape index (κ3) is 4.25. The first-order chi connectivity index (χ1) is 17.5. The number of carbonyl (C=O) groups is 1. The molecule has 0 bridgehead atoms. The Kier molecular flexibility index (Phi) is 6.22. The number of aromatic nitrogens is 1. The van der Waals surface area contributed by atoms with Gasteiger partial charge in [0.2, 0.25) is 5.95 Å². The fraction of sp³-hybridized carbons (Fsp3) is 0.321. The Bertz CT molecular complexity index is 1380. The number of halogens is 2. The Labute approximate surface area is 218 Å². The molecular formula is C28H28F2N4O2S. The molecule has 2 aliphatic rings. The highest BCUT2D eigenvalue weighted by molar-refractivity contribution is 8.13. The van der Waals surface area contributed by atoms with Crippen LogP contribution in [-0.2, 0) is 10.3 Å². The second-order valence-corrected chi connectivity index (χ2v) is 11.5. The summed E-state index contributed by atoms with van der Waals surface area (Å²) in [6.45, 7) is 7.61. The minimum Gasteiger partial charge on any atom is -0.385 e. The molecule has 2 aliphatic heterocycles. The number of anilines is 1. The molecule has 9 heteroatoms. The van der Waals surface area contributed by atoms with E-state index in [1.165, 1.54) is 30.1 Å². The Hall–Kier alpha value is -3.46. The summed E-state index contributed by atoms with van der Waals surface area (Å²) in [7, 11) is 0. The van der Waals surface area contributed by atoms with Crippen molar-refractivity contribution < 1.29 is 18.3 Å². The highest BCUT2D eigenvalue weighted by Crippen LogP contribution is 2.62. The maximum atomic E-state index is 14.6. The molecule has 2 atom stereocenters. The van der Waals surface area contributed by atoms with Crippen LogP contribution in [0, 0.1) is 22.6 Å². The van der Waals surface area contributed by atoms with Gasteiger partial charge in [-0.15, -0.1) is 0 Å². The first kappa shape index (κ1) is 25.2. The summed E-state index contributed by atoms with van der Waals surface area (Å²) in [6, 6.07) is 17.4. The van der Waals surface area contributed by atoms with E-state index >= 15 is 0 Å². The van der Waals surface area contributed by atoms with Crippen LogP contribution in [0.3, 0.4) is 0 Å². The van der Waals surface area contributed by atoms with Gasteiger partial charge in [0.25, 0.3) is 5.23 Å². The Balaban J connectivity index is 1.73. The molecule has 37 heavy (non-hydrogen) atoms. The summed E-state index contributed by atoms with van der Waals surface area (Å²) in [5.74, 6) is -0.261. The second-order valence-electron chi connectivity index (χ2n) is 10.5. The zero-order valence-electron chi connectivity index (χ0n) is 20.9. The topological polar surface area (TPSA) is 80.8 Å². The van der Waals surface area contributed by atoms with Crippen LogP contribution < -0.4 is 10.6 Å². The van der Waals surface area contributed by atoms with Crippen molar-refractivity contribution in [2.75, 3.05) is 23.7 Å². The zero-order chi connectivity index (χ0) is 26.4. The molecule has 0 spiro atoms. The molecule has 1 saturated heterocycles. The van der Waals surface area contributed by atoms with E-state index in [-0.39, 0.29) is 16.5 Å². The monoisotopic (exact) mass is 522 g/mol. The fourth-order valence-corrected chi connectivity index (χ4v) is 7.14. The lowest BCUT2D eigenvalue weighted by Gasteiger charge is -2.52. The third-order valence-corrected chi connectivity index (χ3v) is 8.68. The summed E-state index contributed by atoms with van der Waals surface area (Å²) in [6.07, 6.45) is 0.490. The van der Waals surface area contributed by atoms with Crippen LogP contribution in [-0.4, -0.2) is 35.1 Å². The number of hydrogen-bond acceptors (Lipinski definition) is 6. The molecule has 0 radical (unpaired) electrons. The highest BCUT2D eigenvalue weighted by Gasteiger charge is 2.66. The molecule has 1 fully saturated rings. The van der Waals surface area contributed by atoms with E-state index in [0.717, 1.165) is 11.3 Å². The number of pyridine rings is 1. The number of rotatable bonds is 3. The predicted octanol–water partition coefficient (Wildman–Crippen LogP) is 5.97. The van der Waals surface area contributed by atoms with Crippen molar-refractivity contribution in [2.45, 2.75) is 26.3 Å². The number of ether oxygens (including phenoxy) is 1. The molecule has 0 saturated carbocycles. The van der Waals surface area contributed by atoms with Gasteiger partial charge >= 0.3 is 6.09 Å². The van der Waals surface area contributed by atoms with Gasteiger partial charge in [-0.2, -0.15) is 4.39 Å². The number of nitrogens with two attached hydrogens (primary N) is 1. The van der Waals surface area contributed by atoms with Crippen LogP contribution in [0.2, 0.25) is 0 Å². The molecule has 1 aromatic heterocycles. The molecule has 192 valence electrons. The van der Waals surface area contributed by atoms with E-state index < -0.39 is 23.0 Å². The Morgan fingerprint density at radius 3 is 2.51 bits per heavy atom. The second kappa shape index (κ2) is 9.13. The summed E-state index contributed by atoms with van der Waals surface area (Å²) < 4.78 is 33.7. The smallest absolute Gasteiger partial charge is 0.385 e. The van der Waals surface area contributed by atoms with Gasteiger partial charge < -0.3 is 15.4 Å². The van der Waals surface area contributed by atoms with Gasteiger partial charge in [0, 0.05) is 41.7 Å². The fourth-order valence-electron chi connectivity index (χ4n) is 5.64. The molecule has 6 nitrogen and oxygen atoms in total. The Morgan fingerprint density at radius 2 is 1.84 bits per heavy atom. The van der Waals surface area contributed by atoms with Crippen molar-refractivity contribution in [1.82, 2.24) is 4.98 Å². The molecule has 5 rings (SSSR count). The van der Waals surface area contributed by atoms with Gasteiger partial charge in [-0.25, -0.2) is 19.2 Å². The molecule has 0 unspecified atom stereocenters. The first-order valence-electron chi connectivity index (χ1n) is 12.0. The summed E-state index contributed by atoms with van der Waals surface area (Å²) >= 11 is 1.36. The maximum Gasteiger partial charge on any atom is 0.411 e. The first-order valence-corrected chi connectivity index (χ1v) is 13.0. The molecule has 2 aromatic carbocycles. The zero-order valence-corrected chi connectivity index (χ0v) is 21.7. The van der Waals surface area contributed by atoms with E-state index in [2.05, 4.69) is 30.7 Å². The van der Waals surface area contributed by atoms with Crippen molar-refractivity contribution in [3.63, 3.8) is 0 Å². The van der Waals surface area contributed by atoms with Crippen LogP contribution in [0.1, 0.15) is 26.3 Å².